The summed E-state index contributed by atoms with van der Waals surface area (Å²) in [7, 11) is 0. The summed E-state index contributed by atoms with van der Waals surface area (Å²) in [5.41, 5.74) is 10.4. The van der Waals surface area contributed by atoms with Crippen LogP contribution in [0.2, 0.25) is 0 Å². The number of benzene rings is 1. The highest BCUT2D eigenvalue weighted by molar-refractivity contribution is 5.99. The van der Waals surface area contributed by atoms with Crippen LogP contribution in [0.3, 0.4) is 0 Å². The third-order valence-electron chi connectivity index (χ3n) is 3.80. The molecule has 0 aliphatic carbocycles. The minimum atomic E-state index is -4.50. The molecule has 0 radical (unpaired) electrons. The zero-order chi connectivity index (χ0) is 15.6. The first kappa shape index (κ1) is 15.6. The Balaban J connectivity index is 2.45. The normalized spacial score (nSPS) is 19.6. The highest BCUT2D eigenvalue weighted by atomic mass is 19.4. The van der Waals surface area contributed by atoms with E-state index in [4.69, 9.17) is 11.5 Å². The van der Waals surface area contributed by atoms with Crippen LogP contribution in [-0.4, -0.2) is 25.0 Å². The van der Waals surface area contributed by atoms with E-state index in [0.717, 1.165) is 31.4 Å². The van der Waals surface area contributed by atoms with Gasteiger partial charge in [-0.25, -0.2) is 0 Å². The standard InChI is InChI=1S/C14H18F3N3O/c15-14(16,17)9-4-5-12(11(7-9)13(19)21)20-6-2-1-3-10(20)8-18/h4-5,7,10H,1-3,6,8,18H2,(H2,19,21). The number of hydrogen-bond donors (Lipinski definition) is 2. The van der Waals surface area contributed by atoms with Gasteiger partial charge < -0.3 is 16.4 Å². The Morgan fingerprint density at radius 3 is 2.62 bits per heavy atom. The number of nitrogens with zero attached hydrogens (tertiary/aromatic N) is 1. The molecule has 1 fully saturated rings. The van der Waals surface area contributed by atoms with Crippen molar-refractivity contribution in [1.29, 1.82) is 0 Å². The lowest BCUT2D eigenvalue weighted by Gasteiger charge is -2.38. The summed E-state index contributed by atoms with van der Waals surface area (Å²) in [6, 6.07) is 3.13. The van der Waals surface area contributed by atoms with Crippen molar-refractivity contribution >= 4 is 11.6 Å². The van der Waals surface area contributed by atoms with Gasteiger partial charge in [-0.15, -0.1) is 0 Å². The number of rotatable bonds is 3. The molecule has 4 N–H and O–H groups in total. The third kappa shape index (κ3) is 3.29. The third-order valence-corrected chi connectivity index (χ3v) is 3.80. The fraction of sp³-hybridized carbons (Fsp3) is 0.500. The van der Waals surface area contributed by atoms with Crippen molar-refractivity contribution in [2.24, 2.45) is 11.5 Å². The topological polar surface area (TPSA) is 72.3 Å². The Labute approximate surface area is 120 Å². The van der Waals surface area contributed by atoms with Crippen LogP contribution in [-0.2, 0) is 6.18 Å². The molecule has 116 valence electrons. The molecule has 0 bridgehead atoms. The number of alkyl halides is 3. The molecule has 1 aliphatic rings. The first-order valence-electron chi connectivity index (χ1n) is 6.82. The van der Waals surface area contributed by atoms with Crippen LogP contribution in [0.5, 0.6) is 0 Å². The second kappa shape index (κ2) is 5.93. The van der Waals surface area contributed by atoms with Gasteiger partial charge in [-0.2, -0.15) is 13.2 Å². The van der Waals surface area contributed by atoms with E-state index in [0.29, 0.717) is 18.8 Å². The van der Waals surface area contributed by atoms with Crippen molar-refractivity contribution in [3.63, 3.8) is 0 Å². The van der Waals surface area contributed by atoms with Gasteiger partial charge in [-0.3, -0.25) is 4.79 Å². The number of primary amides is 1. The summed E-state index contributed by atoms with van der Waals surface area (Å²) in [4.78, 5) is 13.4. The lowest BCUT2D eigenvalue weighted by Crippen LogP contribution is -2.45. The Kier molecular flexibility index (Phi) is 4.41. The van der Waals surface area contributed by atoms with Gasteiger partial charge in [0.15, 0.2) is 0 Å². The summed E-state index contributed by atoms with van der Waals surface area (Å²) in [6.07, 6.45) is -1.71. The number of carbonyl (C=O) groups is 1. The first-order valence-corrected chi connectivity index (χ1v) is 6.82. The zero-order valence-corrected chi connectivity index (χ0v) is 11.5. The van der Waals surface area contributed by atoms with Crippen molar-refractivity contribution in [3.8, 4) is 0 Å². The summed E-state index contributed by atoms with van der Waals surface area (Å²) in [5.74, 6) is -0.863. The predicted molar refractivity (Wildman–Crippen MR) is 74.0 cm³/mol. The van der Waals surface area contributed by atoms with E-state index in [9.17, 15) is 18.0 Å². The molecular formula is C14H18F3N3O. The van der Waals surface area contributed by atoms with Crippen molar-refractivity contribution in [2.45, 2.75) is 31.5 Å². The number of carbonyl (C=O) groups excluding carboxylic acids is 1. The summed E-state index contributed by atoms with van der Waals surface area (Å²) in [5, 5.41) is 0. The molecule has 1 heterocycles. The summed E-state index contributed by atoms with van der Waals surface area (Å²) >= 11 is 0. The minimum absolute atomic E-state index is 0.0218. The number of nitrogens with two attached hydrogens (primary N) is 2. The fourth-order valence-corrected chi connectivity index (χ4v) is 2.72. The molecular weight excluding hydrogens is 283 g/mol. The van der Waals surface area contributed by atoms with Gasteiger partial charge in [0.1, 0.15) is 0 Å². The van der Waals surface area contributed by atoms with Gasteiger partial charge in [0, 0.05) is 24.8 Å². The van der Waals surface area contributed by atoms with Crippen molar-refractivity contribution < 1.29 is 18.0 Å². The number of amides is 1. The van der Waals surface area contributed by atoms with Crippen molar-refractivity contribution in [2.75, 3.05) is 18.0 Å². The Hall–Kier alpha value is -1.76. The molecule has 1 aliphatic heterocycles. The Morgan fingerprint density at radius 1 is 1.33 bits per heavy atom. The number of piperidine rings is 1. The van der Waals surface area contributed by atoms with Gasteiger partial charge in [-0.05, 0) is 37.5 Å². The van der Waals surface area contributed by atoms with Gasteiger partial charge in [0.2, 0.25) is 0 Å². The maximum Gasteiger partial charge on any atom is 0.416 e. The Morgan fingerprint density at radius 2 is 2.05 bits per heavy atom. The molecule has 1 amide bonds. The monoisotopic (exact) mass is 301 g/mol. The lowest BCUT2D eigenvalue weighted by atomic mass is 9.98. The molecule has 1 aromatic rings. The first-order chi connectivity index (χ1) is 9.84. The number of halogens is 3. The molecule has 21 heavy (non-hydrogen) atoms. The molecule has 0 spiro atoms. The molecule has 1 aromatic carbocycles. The van der Waals surface area contributed by atoms with Gasteiger partial charge >= 0.3 is 6.18 Å². The maximum atomic E-state index is 12.8. The minimum Gasteiger partial charge on any atom is -0.367 e. The van der Waals surface area contributed by atoms with Gasteiger partial charge in [0.05, 0.1) is 11.1 Å². The summed E-state index contributed by atoms with van der Waals surface area (Å²) < 4.78 is 38.3. The largest absolute Gasteiger partial charge is 0.416 e. The van der Waals surface area contributed by atoms with E-state index in [1.807, 2.05) is 4.90 Å². The van der Waals surface area contributed by atoms with E-state index in [2.05, 4.69) is 0 Å². The smallest absolute Gasteiger partial charge is 0.367 e. The van der Waals surface area contributed by atoms with Crippen LogP contribution in [0, 0.1) is 0 Å². The Bertz CT molecular complexity index is 531. The predicted octanol–water partition coefficient (Wildman–Crippen LogP) is 2.12. The van der Waals surface area contributed by atoms with E-state index >= 15 is 0 Å². The lowest BCUT2D eigenvalue weighted by molar-refractivity contribution is -0.137. The van der Waals surface area contributed by atoms with Gasteiger partial charge in [0.25, 0.3) is 5.91 Å². The van der Waals surface area contributed by atoms with Crippen LogP contribution in [0.4, 0.5) is 18.9 Å². The number of hydrogen-bond acceptors (Lipinski definition) is 3. The van der Waals surface area contributed by atoms with Crippen LogP contribution in [0.25, 0.3) is 0 Å². The maximum absolute atomic E-state index is 12.8. The summed E-state index contributed by atoms with van der Waals surface area (Å²) in [6.45, 7) is 1.05. The molecule has 2 rings (SSSR count). The van der Waals surface area contributed by atoms with Crippen LogP contribution in [0.1, 0.15) is 35.2 Å². The number of anilines is 1. The van der Waals surface area contributed by atoms with E-state index < -0.39 is 17.6 Å². The second-order valence-corrected chi connectivity index (χ2v) is 5.17. The molecule has 0 aromatic heterocycles. The quantitative estimate of drug-likeness (QED) is 0.898. The molecule has 1 saturated heterocycles. The highest BCUT2D eigenvalue weighted by Gasteiger charge is 2.33. The molecule has 0 saturated carbocycles. The van der Waals surface area contributed by atoms with E-state index in [-0.39, 0.29) is 11.6 Å². The van der Waals surface area contributed by atoms with Crippen LogP contribution >= 0.6 is 0 Å². The molecule has 1 unspecified atom stereocenters. The second-order valence-electron chi connectivity index (χ2n) is 5.17. The average molecular weight is 301 g/mol. The fourth-order valence-electron chi connectivity index (χ4n) is 2.72. The highest BCUT2D eigenvalue weighted by Crippen LogP contribution is 2.34. The average Bonchev–Trinajstić information content (AvgIpc) is 2.45. The van der Waals surface area contributed by atoms with Gasteiger partial charge in [-0.1, -0.05) is 0 Å². The van der Waals surface area contributed by atoms with E-state index in [1.165, 1.54) is 6.07 Å². The van der Waals surface area contributed by atoms with Crippen molar-refractivity contribution in [3.05, 3.63) is 29.3 Å². The molecule has 4 nitrogen and oxygen atoms in total. The SMILES string of the molecule is NCC1CCCCN1c1ccc(C(F)(F)F)cc1C(N)=O. The zero-order valence-electron chi connectivity index (χ0n) is 11.5. The van der Waals surface area contributed by atoms with E-state index in [1.54, 1.807) is 0 Å². The van der Waals surface area contributed by atoms with Crippen molar-refractivity contribution in [1.82, 2.24) is 0 Å². The molecule has 7 heteroatoms. The molecule has 1 atom stereocenters. The van der Waals surface area contributed by atoms with Crippen LogP contribution < -0.4 is 16.4 Å². The van der Waals surface area contributed by atoms with Crippen LogP contribution in [0.15, 0.2) is 18.2 Å².